The second-order valence-corrected chi connectivity index (χ2v) is 8.08. The fourth-order valence-electron chi connectivity index (χ4n) is 2.42. The summed E-state index contributed by atoms with van der Waals surface area (Å²) < 4.78 is 32.0. The molecule has 30 heavy (non-hydrogen) atoms. The van der Waals surface area contributed by atoms with Crippen molar-refractivity contribution in [2.24, 2.45) is 0 Å². The van der Waals surface area contributed by atoms with Crippen LogP contribution in [0.15, 0.2) is 59.5 Å². The third-order valence-corrected chi connectivity index (χ3v) is 5.48. The molecular weight excluding hydrogens is 410 g/mol. The van der Waals surface area contributed by atoms with Gasteiger partial charge in [0.15, 0.2) is 0 Å². The number of hydrogen-bond acceptors (Lipinski definition) is 6. The third-order valence-electron chi connectivity index (χ3n) is 4.01. The Bertz CT molecular complexity index is 991. The van der Waals surface area contributed by atoms with E-state index in [2.05, 4.69) is 15.4 Å². The van der Waals surface area contributed by atoms with Gasteiger partial charge in [0.05, 0.1) is 11.3 Å². The van der Waals surface area contributed by atoms with E-state index in [1.807, 2.05) is 6.92 Å². The van der Waals surface area contributed by atoms with Crippen molar-refractivity contribution in [3.8, 4) is 0 Å². The molecule has 2 aromatic rings. The molecule has 0 saturated heterocycles. The molecule has 0 aliphatic carbocycles. The van der Waals surface area contributed by atoms with Crippen LogP contribution < -0.4 is 15.4 Å². The molecule has 9 nitrogen and oxygen atoms in total. The highest BCUT2D eigenvalue weighted by molar-refractivity contribution is 7.89. The van der Waals surface area contributed by atoms with Crippen LogP contribution in [0.4, 0.5) is 4.79 Å². The first-order valence-corrected chi connectivity index (χ1v) is 10.5. The summed E-state index contributed by atoms with van der Waals surface area (Å²) in [5.41, 5.74) is 1.28. The minimum absolute atomic E-state index is 0.0774. The van der Waals surface area contributed by atoms with Crippen molar-refractivity contribution in [1.29, 1.82) is 0 Å². The van der Waals surface area contributed by atoms with Crippen molar-refractivity contribution < 1.29 is 27.5 Å². The topological polar surface area (TPSA) is 131 Å². The maximum Gasteiger partial charge on any atom is 0.321 e. The number of carbonyl (C=O) groups excluding carboxylic acids is 3. The molecule has 10 heteroatoms. The van der Waals surface area contributed by atoms with Gasteiger partial charge in [-0.15, -0.1) is 0 Å². The summed E-state index contributed by atoms with van der Waals surface area (Å²) >= 11 is 0. The summed E-state index contributed by atoms with van der Waals surface area (Å²) in [7, 11) is -2.44. The lowest BCUT2D eigenvalue weighted by Gasteiger charge is -2.17. The predicted molar refractivity (Wildman–Crippen MR) is 109 cm³/mol. The number of hydrogen-bond donors (Lipinski definition) is 3. The number of imide groups is 1. The van der Waals surface area contributed by atoms with E-state index in [9.17, 15) is 22.8 Å². The van der Waals surface area contributed by atoms with Crippen LogP contribution >= 0.6 is 0 Å². The van der Waals surface area contributed by atoms with E-state index in [0.29, 0.717) is 5.56 Å². The first-order chi connectivity index (χ1) is 14.2. The van der Waals surface area contributed by atoms with E-state index >= 15 is 0 Å². The summed E-state index contributed by atoms with van der Waals surface area (Å²) in [5, 5.41) is 4.30. The average Bonchev–Trinajstić information content (AvgIpc) is 2.72. The van der Waals surface area contributed by atoms with Gasteiger partial charge in [0.2, 0.25) is 16.1 Å². The number of carbonyl (C=O) groups is 3. The second-order valence-electron chi connectivity index (χ2n) is 6.31. The van der Waals surface area contributed by atoms with Gasteiger partial charge in [-0.25, -0.2) is 17.9 Å². The lowest BCUT2D eigenvalue weighted by Crippen LogP contribution is -2.41. The third kappa shape index (κ3) is 6.68. The highest BCUT2D eigenvalue weighted by atomic mass is 32.2. The molecule has 0 saturated carbocycles. The molecule has 0 bridgehead atoms. The monoisotopic (exact) mass is 433 g/mol. The quantitative estimate of drug-likeness (QED) is 0.540. The molecule has 0 spiro atoms. The van der Waals surface area contributed by atoms with Gasteiger partial charge in [0.1, 0.15) is 0 Å². The zero-order valence-corrected chi connectivity index (χ0v) is 17.4. The van der Waals surface area contributed by atoms with E-state index in [1.54, 1.807) is 42.5 Å². The highest BCUT2D eigenvalue weighted by Crippen LogP contribution is 2.18. The molecule has 0 aliphatic rings. The number of aryl methyl sites for hydroxylation is 1. The Labute approximate surface area is 174 Å². The average molecular weight is 433 g/mol. The molecule has 0 aliphatic heterocycles. The fourth-order valence-corrected chi connectivity index (χ4v) is 3.45. The van der Waals surface area contributed by atoms with Gasteiger partial charge in [0.25, 0.3) is 5.91 Å². The van der Waals surface area contributed by atoms with Gasteiger partial charge in [-0.05, 0) is 19.1 Å². The van der Waals surface area contributed by atoms with Crippen molar-refractivity contribution in [1.82, 2.24) is 15.4 Å². The van der Waals surface area contributed by atoms with Crippen LogP contribution in [0.2, 0.25) is 0 Å². The van der Waals surface area contributed by atoms with Gasteiger partial charge < -0.3 is 10.1 Å². The summed E-state index contributed by atoms with van der Waals surface area (Å²) in [6.45, 7) is 1.62. The molecule has 1 atom stereocenters. The van der Waals surface area contributed by atoms with Crippen LogP contribution in [-0.4, -0.2) is 39.9 Å². The highest BCUT2D eigenvalue weighted by Gasteiger charge is 2.26. The second kappa shape index (κ2) is 10.5. The Kier molecular flexibility index (Phi) is 8.07. The van der Waals surface area contributed by atoms with Gasteiger partial charge >= 0.3 is 12.0 Å². The number of urea groups is 1. The Hall–Kier alpha value is -3.24. The van der Waals surface area contributed by atoms with E-state index in [1.165, 1.54) is 19.2 Å². The summed E-state index contributed by atoms with van der Waals surface area (Å²) in [4.78, 5) is 36.0. The number of amides is 3. The zero-order valence-electron chi connectivity index (χ0n) is 16.5. The van der Waals surface area contributed by atoms with E-state index in [0.717, 1.165) is 5.56 Å². The van der Waals surface area contributed by atoms with Crippen molar-refractivity contribution in [2.75, 3.05) is 13.6 Å². The Morgan fingerprint density at radius 2 is 1.63 bits per heavy atom. The molecule has 0 radical (unpaired) electrons. The van der Waals surface area contributed by atoms with Crippen LogP contribution in [0.25, 0.3) is 0 Å². The normalized spacial score (nSPS) is 11.9. The van der Waals surface area contributed by atoms with Crippen molar-refractivity contribution >= 4 is 27.9 Å². The van der Waals surface area contributed by atoms with Gasteiger partial charge in [-0.2, -0.15) is 0 Å². The fraction of sp³-hybridized carbons (Fsp3) is 0.250. The number of sulfonamides is 1. The lowest BCUT2D eigenvalue weighted by molar-refractivity contribution is -0.156. The SMILES string of the molecule is CNC(=O)NC(=O)C(OC(=O)CCNS(=O)(=O)c1ccc(C)cc1)c1ccccc1. The van der Waals surface area contributed by atoms with Gasteiger partial charge in [-0.1, -0.05) is 48.0 Å². The number of nitrogens with one attached hydrogen (secondary N) is 3. The lowest BCUT2D eigenvalue weighted by atomic mass is 10.1. The van der Waals surface area contributed by atoms with Crippen LogP contribution in [0.5, 0.6) is 0 Å². The smallest absolute Gasteiger partial charge is 0.321 e. The van der Waals surface area contributed by atoms with Crippen LogP contribution in [0, 0.1) is 6.92 Å². The molecule has 0 fully saturated rings. The van der Waals surface area contributed by atoms with E-state index < -0.39 is 34.0 Å². The molecular formula is C20H23N3O6S. The van der Waals surface area contributed by atoms with Crippen LogP contribution in [-0.2, 0) is 24.3 Å². The summed E-state index contributed by atoms with van der Waals surface area (Å²) in [5.74, 6) is -1.63. The van der Waals surface area contributed by atoms with E-state index in [-0.39, 0.29) is 17.9 Å². The number of ether oxygens (including phenoxy) is 1. The Morgan fingerprint density at radius 1 is 1.00 bits per heavy atom. The Balaban J connectivity index is 1.99. The van der Waals surface area contributed by atoms with E-state index in [4.69, 9.17) is 4.74 Å². The Morgan fingerprint density at radius 3 is 2.23 bits per heavy atom. The zero-order chi connectivity index (χ0) is 22.1. The molecule has 3 amide bonds. The molecule has 3 N–H and O–H groups in total. The molecule has 2 rings (SSSR count). The molecule has 2 aromatic carbocycles. The minimum atomic E-state index is -3.78. The number of esters is 1. The van der Waals surface area contributed by atoms with Crippen LogP contribution in [0.1, 0.15) is 23.7 Å². The minimum Gasteiger partial charge on any atom is -0.447 e. The summed E-state index contributed by atoms with van der Waals surface area (Å²) in [6, 6.07) is 13.7. The number of benzene rings is 2. The predicted octanol–water partition coefficient (Wildman–Crippen LogP) is 1.40. The largest absolute Gasteiger partial charge is 0.447 e. The maximum absolute atomic E-state index is 12.3. The van der Waals surface area contributed by atoms with Crippen molar-refractivity contribution in [2.45, 2.75) is 24.3 Å². The molecule has 0 aromatic heterocycles. The molecule has 160 valence electrons. The molecule has 0 heterocycles. The maximum atomic E-state index is 12.3. The van der Waals surface area contributed by atoms with Crippen molar-refractivity contribution in [3.05, 3.63) is 65.7 Å². The standard InChI is InChI=1S/C20H23N3O6S/c1-14-8-10-16(11-9-14)30(27,28)22-13-12-17(24)29-18(15-6-4-3-5-7-15)19(25)23-20(26)21-2/h3-11,18,22H,12-13H2,1-2H3,(H2,21,23,25,26). The van der Waals surface area contributed by atoms with Crippen LogP contribution in [0.3, 0.4) is 0 Å². The van der Waals surface area contributed by atoms with Gasteiger partial charge in [-0.3, -0.25) is 14.9 Å². The van der Waals surface area contributed by atoms with Crippen molar-refractivity contribution in [3.63, 3.8) is 0 Å². The first-order valence-electron chi connectivity index (χ1n) is 9.06. The summed E-state index contributed by atoms with van der Waals surface area (Å²) in [6.07, 6.45) is -1.66. The van der Waals surface area contributed by atoms with Gasteiger partial charge in [0, 0.05) is 19.2 Å². The first kappa shape index (κ1) is 23.0. The molecule has 1 unspecified atom stereocenters. The number of rotatable bonds is 8.